The Balaban J connectivity index is 2.44. The van der Waals surface area contributed by atoms with Crippen molar-refractivity contribution in [2.45, 2.75) is 27.2 Å². The molecule has 0 aromatic heterocycles. The Labute approximate surface area is 96.9 Å². The van der Waals surface area contributed by atoms with Crippen LogP contribution in [0.1, 0.15) is 27.2 Å². The second-order valence-corrected chi connectivity index (χ2v) is 4.06. The highest BCUT2D eigenvalue weighted by Crippen LogP contribution is 2.11. The van der Waals surface area contributed by atoms with Crippen LogP contribution in [0.3, 0.4) is 0 Å². The van der Waals surface area contributed by atoms with Gasteiger partial charge in [-0.15, -0.1) is 0 Å². The van der Waals surface area contributed by atoms with E-state index in [1.807, 2.05) is 0 Å². The molecule has 0 saturated heterocycles. The van der Waals surface area contributed by atoms with Crippen LogP contribution in [0.25, 0.3) is 0 Å². The van der Waals surface area contributed by atoms with Gasteiger partial charge in [0.15, 0.2) is 0 Å². The summed E-state index contributed by atoms with van der Waals surface area (Å²) in [6.45, 7) is 9.13. The van der Waals surface area contributed by atoms with E-state index in [-0.39, 0.29) is 11.8 Å². The summed E-state index contributed by atoms with van der Waals surface area (Å²) >= 11 is 0. The van der Waals surface area contributed by atoms with E-state index in [2.05, 4.69) is 18.7 Å². The molecule has 0 aromatic carbocycles. The largest absolute Gasteiger partial charge is 0.302 e. The molecule has 2 amide bonds. The molecule has 16 heavy (non-hydrogen) atoms. The van der Waals surface area contributed by atoms with Crippen LogP contribution in [0.4, 0.5) is 0 Å². The summed E-state index contributed by atoms with van der Waals surface area (Å²) in [6.07, 6.45) is 2.51. The van der Waals surface area contributed by atoms with Gasteiger partial charge in [0.05, 0.1) is 0 Å². The van der Waals surface area contributed by atoms with Gasteiger partial charge in [0, 0.05) is 24.7 Å². The average Bonchev–Trinajstić information content (AvgIpc) is 2.49. The first-order chi connectivity index (χ1) is 7.60. The lowest BCUT2D eigenvalue weighted by molar-refractivity contribution is -0.137. The molecule has 1 heterocycles. The molecular weight excluding hydrogens is 204 g/mol. The van der Waals surface area contributed by atoms with Gasteiger partial charge >= 0.3 is 0 Å². The molecule has 0 aliphatic carbocycles. The van der Waals surface area contributed by atoms with E-state index in [0.717, 1.165) is 26.1 Å². The minimum absolute atomic E-state index is 0.141. The molecule has 0 aromatic rings. The second-order valence-electron chi connectivity index (χ2n) is 4.06. The zero-order valence-electron chi connectivity index (χ0n) is 10.3. The van der Waals surface area contributed by atoms with E-state index in [1.54, 1.807) is 6.92 Å². The third-order valence-corrected chi connectivity index (χ3v) is 2.82. The molecule has 0 atom stereocenters. The number of likely N-dealkylation sites (N-methyl/N-ethyl adjacent to an activating group) is 1. The second kappa shape index (κ2) is 5.80. The topological polar surface area (TPSA) is 40.6 Å². The van der Waals surface area contributed by atoms with Gasteiger partial charge in [-0.1, -0.05) is 13.8 Å². The number of imide groups is 1. The molecule has 90 valence electrons. The van der Waals surface area contributed by atoms with Crippen molar-refractivity contribution in [2.24, 2.45) is 0 Å². The Kier molecular flexibility index (Phi) is 4.68. The summed E-state index contributed by atoms with van der Waals surface area (Å²) in [7, 11) is 0. The van der Waals surface area contributed by atoms with Gasteiger partial charge < -0.3 is 4.90 Å². The van der Waals surface area contributed by atoms with Crippen molar-refractivity contribution in [1.29, 1.82) is 0 Å². The van der Waals surface area contributed by atoms with Gasteiger partial charge in [0.1, 0.15) is 0 Å². The summed E-state index contributed by atoms with van der Waals surface area (Å²) in [5.41, 5.74) is 0.545. The molecule has 0 radical (unpaired) electrons. The fourth-order valence-corrected chi connectivity index (χ4v) is 1.84. The molecule has 1 aliphatic rings. The number of carbonyl (C=O) groups excluding carboxylic acids is 2. The molecule has 1 aliphatic heterocycles. The molecule has 4 nitrogen and oxygen atoms in total. The molecule has 4 heteroatoms. The van der Waals surface area contributed by atoms with E-state index >= 15 is 0 Å². The Morgan fingerprint density at radius 2 is 1.94 bits per heavy atom. The van der Waals surface area contributed by atoms with Crippen molar-refractivity contribution in [3.63, 3.8) is 0 Å². The molecule has 0 unspecified atom stereocenters. The number of nitrogens with zero attached hydrogens (tertiary/aromatic N) is 2. The number of rotatable bonds is 6. The predicted molar refractivity (Wildman–Crippen MR) is 62.9 cm³/mol. The fourth-order valence-electron chi connectivity index (χ4n) is 1.84. The van der Waals surface area contributed by atoms with Crippen molar-refractivity contribution >= 4 is 11.8 Å². The lowest BCUT2D eigenvalue weighted by atomic mass is 10.3. The fraction of sp³-hybridized carbons (Fsp3) is 0.667. The summed E-state index contributed by atoms with van der Waals surface area (Å²) in [4.78, 5) is 26.6. The maximum absolute atomic E-state index is 11.6. The maximum atomic E-state index is 11.6. The first-order valence-electron chi connectivity index (χ1n) is 5.86. The first kappa shape index (κ1) is 12.9. The van der Waals surface area contributed by atoms with Gasteiger partial charge in [-0.2, -0.15) is 0 Å². The van der Waals surface area contributed by atoms with Crippen molar-refractivity contribution in [2.75, 3.05) is 26.2 Å². The Hall–Kier alpha value is -1.16. The minimum atomic E-state index is -0.171. The smallest absolute Gasteiger partial charge is 0.256 e. The zero-order chi connectivity index (χ0) is 12.1. The van der Waals surface area contributed by atoms with Crippen molar-refractivity contribution in [1.82, 2.24) is 9.80 Å². The summed E-state index contributed by atoms with van der Waals surface area (Å²) in [6, 6.07) is 0. The molecule has 0 fully saturated rings. The zero-order valence-corrected chi connectivity index (χ0v) is 10.3. The number of hydrogen-bond donors (Lipinski definition) is 0. The highest BCUT2D eigenvalue weighted by atomic mass is 16.2. The van der Waals surface area contributed by atoms with Crippen LogP contribution in [0.5, 0.6) is 0 Å². The standard InChI is InChI=1S/C12H20N2O2/c1-4-6-13(5-2)7-8-14-11(15)9-10(3)12(14)16/h9H,4-8H2,1-3H3. The van der Waals surface area contributed by atoms with Gasteiger partial charge in [-0.25, -0.2) is 0 Å². The van der Waals surface area contributed by atoms with Crippen molar-refractivity contribution < 1.29 is 9.59 Å². The quantitative estimate of drug-likeness (QED) is 0.633. The highest BCUT2D eigenvalue weighted by Gasteiger charge is 2.27. The van der Waals surface area contributed by atoms with E-state index in [1.165, 1.54) is 11.0 Å². The third-order valence-electron chi connectivity index (χ3n) is 2.82. The number of amides is 2. The highest BCUT2D eigenvalue weighted by molar-refractivity contribution is 6.15. The van der Waals surface area contributed by atoms with Crippen LogP contribution in [0, 0.1) is 0 Å². The molecule has 0 saturated carbocycles. The Morgan fingerprint density at radius 1 is 1.25 bits per heavy atom. The third kappa shape index (κ3) is 2.92. The molecular formula is C12H20N2O2. The lowest BCUT2D eigenvalue weighted by Crippen LogP contribution is -2.39. The summed E-state index contributed by atoms with van der Waals surface area (Å²) < 4.78 is 0. The maximum Gasteiger partial charge on any atom is 0.256 e. The van der Waals surface area contributed by atoms with Crippen molar-refractivity contribution in [3.8, 4) is 0 Å². The monoisotopic (exact) mass is 224 g/mol. The Bertz CT molecular complexity index is 310. The van der Waals surface area contributed by atoms with E-state index in [9.17, 15) is 9.59 Å². The van der Waals surface area contributed by atoms with Gasteiger partial charge in [0.2, 0.25) is 0 Å². The molecule has 0 bridgehead atoms. The van der Waals surface area contributed by atoms with Crippen LogP contribution < -0.4 is 0 Å². The van der Waals surface area contributed by atoms with Crippen LogP contribution in [0.15, 0.2) is 11.6 Å². The lowest BCUT2D eigenvalue weighted by Gasteiger charge is -2.22. The van der Waals surface area contributed by atoms with Crippen molar-refractivity contribution in [3.05, 3.63) is 11.6 Å². The van der Waals surface area contributed by atoms with Gasteiger partial charge in [0.25, 0.3) is 11.8 Å². The van der Waals surface area contributed by atoms with Gasteiger partial charge in [-0.05, 0) is 26.4 Å². The van der Waals surface area contributed by atoms with Crippen LogP contribution in [0.2, 0.25) is 0 Å². The SMILES string of the molecule is CCCN(CC)CCN1C(=O)C=C(C)C1=O. The Morgan fingerprint density at radius 3 is 2.38 bits per heavy atom. The van der Waals surface area contributed by atoms with Gasteiger partial charge in [-0.3, -0.25) is 14.5 Å². The van der Waals surface area contributed by atoms with Crippen LogP contribution in [-0.4, -0.2) is 47.8 Å². The normalized spacial score (nSPS) is 16.2. The number of hydrogen-bond acceptors (Lipinski definition) is 3. The van der Waals surface area contributed by atoms with Crippen LogP contribution in [-0.2, 0) is 9.59 Å². The average molecular weight is 224 g/mol. The predicted octanol–water partition coefficient (Wildman–Crippen LogP) is 1.03. The molecule has 1 rings (SSSR count). The summed E-state index contributed by atoms with van der Waals surface area (Å²) in [5, 5.41) is 0. The minimum Gasteiger partial charge on any atom is -0.302 e. The van der Waals surface area contributed by atoms with E-state index in [0.29, 0.717) is 12.1 Å². The molecule has 0 spiro atoms. The van der Waals surface area contributed by atoms with E-state index in [4.69, 9.17) is 0 Å². The summed E-state index contributed by atoms with van der Waals surface area (Å²) in [5.74, 6) is -0.312. The molecule has 0 N–H and O–H groups in total. The van der Waals surface area contributed by atoms with E-state index < -0.39 is 0 Å². The van der Waals surface area contributed by atoms with Crippen LogP contribution >= 0.6 is 0 Å². The number of carbonyl (C=O) groups is 2. The first-order valence-corrected chi connectivity index (χ1v) is 5.86.